The molecular formula is C12H17N3O2. The van der Waals surface area contributed by atoms with Crippen molar-refractivity contribution in [2.45, 2.75) is 25.3 Å². The molecule has 2 amide bonds. The highest BCUT2D eigenvalue weighted by Crippen LogP contribution is 2.24. The van der Waals surface area contributed by atoms with Crippen molar-refractivity contribution in [3.63, 3.8) is 0 Å². The number of ether oxygens (including phenoxy) is 1. The van der Waals surface area contributed by atoms with Crippen LogP contribution in [0.25, 0.3) is 0 Å². The number of benzene rings is 1. The maximum absolute atomic E-state index is 11.6. The van der Waals surface area contributed by atoms with Gasteiger partial charge in [0.05, 0.1) is 12.8 Å². The lowest BCUT2D eigenvalue weighted by atomic mass is 9.93. The standard InChI is InChI=1S/C12H17N3O2/c1-17-11-6-5-9(7-10(11)13)15-12(16)14-8-3-2-4-8/h5-8H,2-4,13H2,1H3,(H2,14,15,16). The van der Waals surface area contributed by atoms with Crippen molar-refractivity contribution in [1.82, 2.24) is 5.32 Å². The monoisotopic (exact) mass is 235 g/mol. The van der Waals surface area contributed by atoms with Crippen molar-refractivity contribution >= 4 is 17.4 Å². The highest BCUT2D eigenvalue weighted by Gasteiger charge is 2.19. The Balaban J connectivity index is 1.93. The summed E-state index contributed by atoms with van der Waals surface area (Å²) >= 11 is 0. The lowest BCUT2D eigenvalue weighted by Gasteiger charge is -2.26. The first kappa shape index (κ1) is 11.6. The van der Waals surface area contributed by atoms with Crippen molar-refractivity contribution in [3.05, 3.63) is 18.2 Å². The molecule has 0 aromatic heterocycles. The molecule has 1 saturated carbocycles. The molecule has 0 saturated heterocycles. The van der Waals surface area contributed by atoms with E-state index in [1.807, 2.05) is 0 Å². The van der Waals surface area contributed by atoms with E-state index < -0.39 is 0 Å². The van der Waals surface area contributed by atoms with Crippen LogP contribution in [0.5, 0.6) is 5.75 Å². The van der Waals surface area contributed by atoms with Crippen molar-refractivity contribution in [2.75, 3.05) is 18.2 Å². The minimum absolute atomic E-state index is 0.181. The minimum atomic E-state index is -0.181. The molecule has 0 spiro atoms. The zero-order valence-electron chi connectivity index (χ0n) is 9.82. The third kappa shape index (κ3) is 2.81. The number of nitrogens with two attached hydrogens (primary N) is 1. The minimum Gasteiger partial charge on any atom is -0.495 e. The summed E-state index contributed by atoms with van der Waals surface area (Å²) in [5, 5.41) is 5.64. The number of nitrogens with one attached hydrogen (secondary N) is 2. The molecule has 17 heavy (non-hydrogen) atoms. The molecule has 0 unspecified atom stereocenters. The van der Waals surface area contributed by atoms with E-state index in [1.54, 1.807) is 25.3 Å². The molecule has 0 heterocycles. The summed E-state index contributed by atoms with van der Waals surface area (Å²) in [6.07, 6.45) is 3.33. The molecule has 2 rings (SSSR count). The molecule has 1 aromatic carbocycles. The lowest BCUT2D eigenvalue weighted by molar-refractivity contribution is 0.240. The lowest BCUT2D eigenvalue weighted by Crippen LogP contribution is -2.41. The molecular weight excluding hydrogens is 218 g/mol. The second-order valence-electron chi connectivity index (χ2n) is 4.18. The van der Waals surface area contributed by atoms with E-state index in [0.29, 0.717) is 23.2 Å². The highest BCUT2D eigenvalue weighted by molar-refractivity contribution is 5.90. The van der Waals surface area contributed by atoms with Gasteiger partial charge in [-0.05, 0) is 37.5 Å². The maximum atomic E-state index is 11.6. The predicted octanol–water partition coefficient (Wildman–Crippen LogP) is 1.95. The van der Waals surface area contributed by atoms with Crippen LogP contribution in [0, 0.1) is 0 Å². The van der Waals surface area contributed by atoms with Gasteiger partial charge in [-0.2, -0.15) is 0 Å². The number of rotatable bonds is 3. The summed E-state index contributed by atoms with van der Waals surface area (Å²) in [5.74, 6) is 0.606. The zero-order valence-corrected chi connectivity index (χ0v) is 9.82. The van der Waals surface area contributed by atoms with Gasteiger partial charge in [0, 0.05) is 11.7 Å². The van der Waals surface area contributed by atoms with Gasteiger partial charge in [-0.25, -0.2) is 4.79 Å². The van der Waals surface area contributed by atoms with Crippen LogP contribution in [0.4, 0.5) is 16.2 Å². The Morgan fingerprint density at radius 3 is 2.76 bits per heavy atom. The van der Waals surface area contributed by atoms with Crippen molar-refractivity contribution in [1.29, 1.82) is 0 Å². The Labute approximate surface area is 100 Å². The smallest absolute Gasteiger partial charge is 0.319 e. The van der Waals surface area contributed by atoms with Gasteiger partial charge in [-0.1, -0.05) is 0 Å². The molecule has 0 radical (unpaired) electrons. The second kappa shape index (κ2) is 4.95. The van der Waals surface area contributed by atoms with Crippen LogP contribution in [0.15, 0.2) is 18.2 Å². The fraction of sp³-hybridized carbons (Fsp3) is 0.417. The van der Waals surface area contributed by atoms with Gasteiger partial charge in [0.25, 0.3) is 0 Å². The molecule has 1 aliphatic rings. The third-order valence-corrected chi connectivity index (χ3v) is 2.93. The number of hydrogen-bond acceptors (Lipinski definition) is 3. The molecule has 0 bridgehead atoms. The zero-order chi connectivity index (χ0) is 12.3. The van der Waals surface area contributed by atoms with Gasteiger partial charge in [-0.15, -0.1) is 0 Å². The average Bonchev–Trinajstić information content (AvgIpc) is 2.24. The quantitative estimate of drug-likeness (QED) is 0.701. The Morgan fingerprint density at radius 2 is 2.24 bits per heavy atom. The van der Waals surface area contributed by atoms with Gasteiger partial charge in [0.1, 0.15) is 5.75 Å². The second-order valence-corrected chi connectivity index (χ2v) is 4.18. The number of methoxy groups -OCH3 is 1. The summed E-state index contributed by atoms with van der Waals surface area (Å²) in [7, 11) is 1.56. The molecule has 0 atom stereocenters. The Morgan fingerprint density at radius 1 is 1.47 bits per heavy atom. The van der Waals surface area contributed by atoms with E-state index in [0.717, 1.165) is 12.8 Å². The van der Waals surface area contributed by atoms with E-state index >= 15 is 0 Å². The van der Waals surface area contributed by atoms with Crippen LogP contribution in [0.1, 0.15) is 19.3 Å². The topological polar surface area (TPSA) is 76.4 Å². The Kier molecular flexibility index (Phi) is 3.37. The summed E-state index contributed by atoms with van der Waals surface area (Å²) in [6, 6.07) is 5.31. The van der Waals surface area contributed by atoms with E-state index in [-0.39, 0.29) is 6.03 Å². The van der Waals surface area contributed by atoms with Crippen LogP contribution >= 0.6 is 0 Å². The first-order valence-electron chi connectivity index (χ1n) is 5.70. The number of nitrogen functional groups attached to an aromatic ring is 1. The number of carbonyl (C=O) groups is 1. The number of hydrogen-bond donors (Lipinski definition) is 3. The largest absolute Gasteiger partial charge is 0.495 e. The molecule has 4 N–H and O–H groups in total. The summed E-state index contributed by atoms with van der Waals surface area (Å²) < 4.78 is 5.04. The van der Waals surface area contributed by atoms with Crippen molar-refractivity contribution in [3.8, 4) is 5.75 Å². The molecule has 92 valence electrons. The molecule has 5 nitrogen and oxygen atoms in total. The van der Waals surface area contributed by atoms with Gasteiger partial charge < -0.3 is 21.1 Å². The van der Waals surface area contributed by atoms with Crippen molar-refractivity contribution in [2.24, 2.45) is 0 Å². The molecule has 1 fully saturated rings. The summed E-state index contributed by atoms with van der Waals surface area (Å²) in [5.41, 5.74) is 6.92. The van der Waals surface area contributed by atoms with Crippen molar-refractivity contribution < 1.29 is 9.53 Å². The SMILES string of the molecule is COc1ccc(NC(=O)NC2CCC2)cc1N. The predicted molar refractivity (Wildman–Crippen MR) is 67.2 cm³/mol. The van der Waals surface area contributed by atoms with Crippen LogP contribution in [0.2, 0.25) is 0 Å². The molecule has 0 aliphatic heterocycles. The van der Waals surface area contributed by atoms with E-state index in [9.17, 15) is 4.79 Å². The molecule has 5 heteroatoms. The fourth-order valence-corrected chi connectivity index (χ4v) is 1.72. The number of urea groups is 1. The Hall–Kier alpha value is -1.91. The van der Waals surface area contributed by atoms with Gasteiger partial charge in [-0.3, -0.25) is 0 Å². The van der Waals surface area contributed by atoms with E-state index in [4.69, 9.17) is 10.5 Å². The highest BCUT2D eigenvalue weighted by atomic mass is 16.5. The van der Waals surface area contributed by atoms with Crippen LogP contribution in [0.3, 0.4) is 0 Å². The summed E-state index contributed by atoms with van der Waals surface area (Å²) in [6.45, 7) is 0. The van der Waals surface area contributed by atoms with Gasteiger partial charge >= 0.3 is 6.03 Å². The van der Waals surface area contributed by atoms with E-state index in [1.165, 1.54) is 6.42 Å². The number of carbonyl (C=O) groups excluding carboxylic acids is 1. The average molecular weight is 235 g/mol. The van der Waals surface area contributed by atoms with Crippen LogP contribution < -0.4 is 21.1 Å². The first-order valence-corrected chi connectivity index (χ1v) is 5.70. The molecule has 1 aromatic rings. The van der Waals surface area contributed by atoms with E-state index in [2.05, 4.69) is 10.6 Å². The van der Waals surface area contributed by atoms with Gasteiger partial charge in [0.2, 0.25) is 0 Å². The first-order chi connectivity index (χ1) is 8.19. The summed E-state index contributed by atoms with van der Waals surface area (Å²) in [4.78, 5) is 11.6. The third-order valence-electron chi connectivity index (χ3n) is 2.93. The molecule has 1 aliphatic carbocycles. The number of amides is 2. The maximum Gasteiger partial charge on any atom is 0.319 e. The number of anilines is 2. The van der Waals surface area contributed by atoms with Crippen LogP contribution in [-0.2, 0) is 0 Å². The van der Waals surface area contributed by atoms with Gasteiger partial charge in [0.15, 0.2) is 0 Å². The van der Waals surface area contributed by atoms with Crippen LogP contribution in [-0.4, -0.2) is 19.2 Å². The normalized spacial score (nSPS) is 14.9. The Bertz CT molecular complexity index is 416. The fourth-order valence-electron chi connectivity index (χ4n) is 1.72.